The molecule has 1 aliphatic rings. The summed E-state index contributed by atoms with van der Waals surface area (Å²) >= 11 is 12.6. The molecule has 0 aromatic heterocycles. The Balaban J connectivity index is 2.35. The van der Waals surface area contributed by atoms with Crippen LogP contribution in [0, 0.1) is 0 Å². The van der Waals surface area contributed by atoms with Gasteiger partial charge in [0.2, 0.25) is 0 Å². The number of nitrogens with one attached hydrogen (secondary N) is 1. The van der Waals surface area contributed by atoms with Crippen LogP contribution in [0.4, 0.5) is 0 Å². The fourth-order valence-corrected chi connectivity index (χ4v) is 5.24. The lowest BCUT2D eigenvalue weighted by atomic mass is 10.3. The molecule has 7 heteroatoms. The van der Waals surface area contributed by atoms with Crippen molar-refractivity contribution >= 4 is 49.7 Å². The number of rotatable bonds is 4. The normalized spacial score (nSPS) is 27.9. The van der Waals surface area contributed by atoms with Gasteiger partial charge in [-0.05, 0) is 6.42 Å². The van der Waals surface area contributed by atoms with Crippen LogP contribution in [0.25, 0.3) is 0 Å². The van der Waals surface area contributed by atoms with Crippen molar-refractivity contribution in [2.24, 2.45) is 0 Å². The molecule has 0 spiro atoms. The van der Waals surface area contributed by atoms with Crippen LogP contribution in [0.3, 0.4) is 0 Å². The van der Waals surface area contributed by atoms with Crippen LogP contribution in [0.1, 0.15) is 19.8 Å². The minimum atomic E-state index is -2.98. The lowest BCUT2D eigenvalue weighted by molar-refractivity contribution is 0.600. The maximum Gasteiger partial charge on any atom is 0.153 e. The zero-order valence-corrected chi connectivity index (χ0v) is 12.3. The van der Waals surface area contributed by atoms with Crippen molar-refractivity contribution in [3.8, 4) is 0 Å². The molecule has 1 rings (SSSR count). The second kappa shape index (κ2) is 6.42. The largest absolute Gasteiger partial charge is 0.366 e. The average molecular weight is 302 g/mol. The highest BCUT2D eigenvalue weighted by atomic mass is 35.5. The second-order valence-electron chi connectivity index (χ2n) is 3.83. The van der Waals surface area contributed by atoms with Crippen LogP contribution in [-0.2, 0) is 9.84 Å². The maximum atomic E-state index is 11.3. The van der Waals surface area contributed by atoms with Crippen LogP contribution >= 0.6 is 35.6 Å². The fourth-order valence-electron chi connectivity index (χ4n) is 1.44. The third kappa shape index (κ3) is 4.77. The van der Waals surface area contributed by atoms with Gasteiger partial charge in [-0.15, -0.1) is 11.6 Å². The Bertz CT molecular complexity index is 345. The summed E-state index contributed by atoms with van der Waals surface area (Å²) in [4.78, 5) is 0. The molecule has 1 heterocycles. The van der Waals surface area contributed by atoms with Gasteiger partial charge in [-0.2, -0.15) is 0 Å². The number of hydrogen-bond donors (Lipinski definition) is 1. The predicted molar refractivity (Wildman–Crippen MR) is 75.2 cm³/mol. The van der Waals surface area contributed by atoms with E-state index in [9.17, 15) is 8.42 Å². The Hall–Kier alpha value is 0.480. The second-order valence-corrected chi connectivity index (χ2v) is 8.32. The number of hydrogen-bond acceptors (Lipinski definition) is 4. The highest BCUT2D eigenvalue weighted by Gasteiger charge is 2.36. The molecule has 3 nitrogen and oxygen atoms in total. The molecular formula is C9H16ClNO2S3. The predicted octanol–water partition coefficient (Wildman–Crippen LogP) is 1.80. The molecule has 2 atom stereocenters. The highest BCUT2D eigenvalue weighted by Crippen LogP contribution is 2.19. The lowest BCUT2D eigenvalue weighted by Gasteiger charge is -2.15. The molecule has 0 radical (unpaired) electrons. The van der Waals surface area contributed by atoms with Crippen molar-refractivity contribution in [1.82, 2.24) is 5.32 Å². The number of unbranched alkanes of at least 4 members (excludes halogenated alkanes) is 1. The number of thioether (sulfide) groups is 1. The number of alkyl halides is 1. The minimum Gasteiger partial charge on any atom is -0.366 e. The lowest BCUT2D eigenvalue weighted by Crippen LogP contribution is -2.38. The van der Waals surface area contributed by atoms with Gasteiger partial charge < -0.3 is 5.32 Å². The van der Waals surface area contributed by atoms with Gasteiger partial charge in [0.25, 0.3) is 0 Å². The Labute approximate surface area is 112 Å². The van der Waals surface area contributed by atoms with Crippen molar-refractivity contribution in [2.45, 2.75) is 31.2 Å². The van der Waals surface area contributed by atoms with Gasteiger partial charge in [0.05, 0.1) is 22.9 Å². The first kappa shape index (κ1) is 14.5. The van der Waals surface area contributed by atoms with Crippen molar-refractivity contribution in [3.05, 3.63) is 0 Å². The van der Waals surface area contributed by atoms with Crippen LogP contribution in [0.5, 0.6) is 0 Å². The monoisotopic (exact) mass is 301 g/mol. The van der Waals surface area contributed by atoms with Gasteiger partial charge in [0.1, 0.15) is 4.32 Å². The third-order valence-electron chi connectivity index (χ3n) is 2.32. The summed E-state index contributed by atoms with van der Waals surface area (Å²) in [5.74, 6) is 1.11. The van der Waals surface area contributed by atoms with E-state index in [0.29, 0.717) is 4.32 Å². The van der Waals surface area contributed by atoms with E-state index in [1.165, 1.54) is 0 Å². The molecule has 0 bridgehead atoms. The molecule has 16 heavy (non-hydrogen) atoms. The molecule has 1 fully saturated rings. The molecule has 1 aliphatic heterocycles. The van der Waals surface area contributed by atoms with E-state index in [1.807, 2.05) is 0 Å². The first-order valence-electron chi connectivity index (χ1n) is 5.22. The molecular weight excluding hydrogens is 286 g/mol. The van der Waals surface area contributed by atoms with E-state index in [-0.39, 0.29) is 22.9 Å². The van der Waals surface area contributed by atoms with E-state index in [0.717, 1.165) is 18.6 Å². The van der Waals surface area contributed by atoms with E-state index >= 15 is 0 Å². The molecule has 0 saturated carbocycles. The maximum absolute atomic E-state index is 11.3. The van der Waals surface area contributed by atoms with Crippen LogP contribution in [0.2, 0.25) is 0 Å². The van der Waals surface area contributed by atoms with Crippen molar-refractivity contribution in [1.29, 1.82) is 0 Å². The van der Waals surface area contributed by atoms with Gasteiger partial charge in [-0.25, -0.2) is 8.42 Å². The summed E-state index contributed by atoms with van der Waals surface area (Å²) in [5, 5.41) is 2.66. The fraction of sp³-hybridized carbons (Fsp3) is 0.889. The Morgan fingerprint density at radius 2 is 2.25 bits per heavy atom. The summed E-state index contributed by atoms with van der Waals surface area (Å²) in [5.41, 5.74) is 0. The molecule has 0 amide bonds. The van der Waals surface area contributed by atoms with Gasteiger partial charge in [0.15, 0.2) is 9.84 Å². The Kier molecular flexibility index (Phi) is 5.84. The average Bonchev–Trinajstić information content (AvgIpc) is 2.40. The van der Waals surface area contributed by atoms with Gasteiger partial charge in [-0.1, -0.05) is 37.3 Å². The van der Waals surface area contributed by atoms with Crippen molar-refractivity contribution in [2.75, 3.05) is 17.3 Å². The van der Waals surface area contributed by atoms with E-state index < -0.39 is 9.84 Å². The zero-order valence-electron chi connectivity index (χ0n) is 9.11. The van der Waals surface area contributed by atoms with Gasteiger partial charge in [-0.3, -0.25) is 0 Å². The minimum absolute atomic E-state index is 0.0501. The SMILES string of the molecule is CCCCSC(=S)N[C@H]1CS(=O)(=O)C[C@H]1Cl. The van der Waals surface area contributed by atoms with E-state index in [2.05, 4.69) is 12.2 Å². The van der Waals surface area contributed by atoms with E-state index in [1.54, 1.807) is 11.8 Å². The molecule has 0 aliphatic carbocycles. The molecule has 1 saturated heterocycles. The number of halogens is 1. The topological polar surface area (TPSA) is 46.2 Å². The molecule has 1 N–H and O–H groups in total. The summed E-state index contributed by atoms with van der Waals surface area (Å²) in [6.07, 6.45) is 2.24. The summed E-state index contributed by atoms with van der Waals surface area (Å²) in [6, 6.07) is -0.228. The highest BCUT2D eigenvalue weighted by molar-refractivity contribution is 8.22. The number of sulfone groups is 1. The van der Waals surface area contributed by atoms with Crippen LogP contribution < -0.4 is 5.32 Å². The van der Waals surface area contributed by atoms with Gasteiger partial charge in [0, 0.05) is 5.75 Å². The molecule has 94 valence electrons. The molecule has 0 unspecified atom stereocenters. The smallest absolute Gasteiger partial charge is 0.153 e. The quantitative estimate of drug-likeness (QED) is 0.487. The van der Waals surface area contributed by atoms with Crippen LogP contribution in [-0.4, -0.2) is 41.4 Å². The molecule has 0 aromatic carbocycles. The number of thiocarbonyl (C=S) groups is 1. The van der Waals surface area contributed by atoms with Crippen molar-refractivity contribution < 1.29 is 8.42 Å². The van der Waals surface area contributed by atoms with Crippen LogP contribution in [0.15, 0.2) is 0 Å². The third-order valence-corrected chi connectivity index (χ3v) is 6.04. The molecule has 0 aromatic rings. The van der Waals surface area contributed by atoms with E-state index in [4.69, 9.17) is 23.8 Å². The summed E-state index contributed by atoms with van der Waals surface area (Å²) < 4.78 is 23.3. The standard InChI is InChI=1S/C9H16ClNO2S3/c1-2-3-4-15-9(14)11-8-6-16(12,13)5-7(8)10/h7-8H,2-6H2,1H3,(H,11,14)/t7-,8+/m1/s1. The first-order chi connectivity index (χ1) is 7.44. The summed E-state index contributed by atoms with van der Waals surface area (Å²) in [6.45, 7) is 2.12. The Morgan fingerprint density at radius 1 is 1.56 bits per heavy atom. The summed E-state index contributed by atoms with van der Waals surface area (Å²) in [7, 11) is -2.98. The van der Waals surface area contributed by atoms with Crippen molar-refractivity contribution in [3.63, 3.8) is 0 Å². The first-order valence-corrected chi connectivity index (χ1v) is 8.87. The zero-order chi connectivity index (χ0) is 12.2. The Morgan fingerprint density at radius 3 is 2.75 bits per heavy atom. The van der Waals surface area contributed by atoms with Gasteiger partial charge >= 0.3 is 0 Å².